The largest absolute Gasteiger partial charge is 0.353 e. The topological polar surface area (TPSA) is 83.4 Å². The number of carbonyl (C=O) groups excluding carboxylic acids is 1. The highest BCUT2D eigenvalue weighted by atomic mass is 35.5. The summed E-state index contributed by atoms with van der Waals surface area (Å²) >= 11 is 5.91. The minimum Gasteiger partial charge on any atom is -0.347 e. The Labute approximate surface area is 137 Å². The summed E-state index contributed by atoms with van der Waals surface area (Å²) in [5.41, 5.74) is 0.155. The van der Waals surface area contributed by atoms with Crippen LogP contribution in [0.5, 0.6) is 0 Å². The number of amides is 2. The van der Waals surface area contributed by atoms with E-state index < -0.39 is 5.69 Å². The molecule has 0 bridgehead atoms. The second kappa shape index (κ2) is 5.88. The van der Waals surface area contributed by atoms with Gasteiger partial charge in [-0.05, 0) is 18.2 Å². The molecule has 1 aromatic carbocycles. The minimum atomic E-state index is -0.420. The lowest BCUT2D eigenvalue weighted by atomic mass is 10.3. The summed E-state index contributed by atoms with van der Waals surface area (Å²) < 4.78 is 1.38. The van der Waals surface area contributed by atoms with Gasteiger partial charge in [0.15, 0.2) is 0 Å². The van der Waals surface area contributed by atoms with E-state index in [9.17, 15) is 9.59 Å². The van der Waals surface area contributed by atoms with Crippen LogP contribution in [0.15, 0.2) is 29.1 Å². The van der Waals surface area contributed by atoms with Gasteiger partial charge in [0.25, 0.3) is 0 Å². The third-order valence-electron chi connectivity index (χ3n) is 3.38. The van der Waals surface area contributed by atoms with Crippen LogP contribution in [0.25, 0.3) is 0 Å². The molecule has 2 amide bonds. The Balaban J connectivity index is 1.89. The van der Waals surface area contributed by atoms with Crippen molar-refractivity contribution in [3.05, 3.63) is 39.8 Å². The normalized spacial score (nSPS) is 12.9. The van der Waals surface area contributed by atoms with E-state index in [0.29, 0.717) is 23.8 Å². The second-order valence-corrected chi connectivity index (χ2v) is 5.68. The number of urea groups is 1. The van der Waals surface area contributed by atoms with E-state index in [1.807, 2.05) is 0 Å². The van der Waals surface area contributed by atoms with E-state index in [1.165, 1.54) is 9.47 Å². The van der Waals surface area contributed by atoms with Crippen LogP contribution in [0.1, 0.15) is 0 Å². The van der Waals surface area contributed by atoms with Crippen LogP contribution in [-0.2, 0) is 6.54 Å². The fourth-order valence-corrected chi connectivity index (χ4v) is 2.45. The van der Waals surface area contributed by atoms with E-state index in [4.69, 9.17) is 11.6 Å². The number of nitrogens with zero attached hydrogens (tertiary/aromatic N) is 5. The molecular weight excluding hydrogens is 320 g/mol. The lowest BCUT2D eigenvalue weighted by Gasteiger charge is -2.17. The van der Waals surface area contributed by atoms with Crippen molar-refractivity contribution in [2.24, 2.45) is 0 Å². The van der Waals surface area contributed by atoms with Crippen LogP contribution in [-0.4, -0.2) is 41.2 Å². The van der Waals surface area contributed by atoms with Crippen LogP contribution in [0.4, 0.5) is 22.4 Å². The molecule has 3 rings (SSSR count). The molecule has 0 spiro atoms. The number of carbonyl (C=O) groups is 1. The number of nitrogens with one attached hydrogen (secondary N) is 1. The first-order valence-corrected chi connectivity index (χ1v) is 7.34. The number of benzene rings is 1. The molecule has 0 aliphatic carbocycles. The average Bonchev–Trinajstić information content (AvgIpc) is 2.91. The fraction of sp³-hybridized carbons (Fsp3) is 0.286. The predicted molar refractivity (Wildman–Crippen MR) is 88.4 cm³/mol. The molecule has 8 nitrogen and oxygen atoms in total. The molecule has 2 heterocycles. The third-order valence-corrected chi connectivity index (χ3v) is 3.61. The molecule has 0 unspecified atom stereocenters. The smallest absolute Gasteiger partial charge is 0.347 e. The van der Waals surface area contributed by atoms with Crippen molar-refractivity contribution in [1.29, 1.82) is 0 Å². The van der Waals surface area contributed by atoms with Crippen LogP contribution in [0.3, 0.4) is 0 Å². The van der Waals surface area contributed by atoms with Gasteiger partial charge in [0.05, 0.1) is 0 Å². The van der Waals surface area contributed by atoms with Crippen LogP contribution >= 0.6 is 11.6 Å². The van der Waals surface area contributed by atoms with Gasteiger partial charge in [0.2, 0.25) is 11.9 Å². The highest BCUT2D eigenvalue weighted by Gasteiger charge is 2.28. The van der Waals surface area contributed by atoms with E-state index in [2.05, 4.69) is 15.3 Å². The quantitative estimate of drug-likeness (QED) is 0.897. The fourth-order valence-electron chi connectivity index (χ4n) is 2.26. The summed E-state index contributed by atoms with van der Waals surface area (Å²) in [6, 6.07) is 6.47. The maximum atomic E-state index is 12.5. The Kier molecular flexibility index (Phi) is 3.91. The first kappa shape index (κ1) is 15.3. The maximum absolute atomic E-state index is 12.5. The molecule has 0 radical (unpaired) electrons. The van der Waals surface area contributed by atoms with Gasteiger partial charge >= 0.3 is 11.7 Å². The minimum absolute atomic E-state index is 0.267. The van der Waals surface area contributed by atoms with E-state index >= 15 is 0 Å². The molecule has 0 fully saturated rings. The van der Waals surface area contributed by atoms with Crippen molar-refractivity contribution >= 4 is 35.2 Å². The summed E-state index contributed by atoms with van der Waals surface area (Å²) in [4.78, 5) is 35.7. The molecular formula is C14H15ClN6O2. The lowest BCUT2D eigenvalue weighted by molar-refractivity contribution is 0.257. The number of rotatable bonds is 2. The number of fused-ring (bicyclic) bond motifs is 1. The number of halogens is 1. The van der Waals surface area contributed by atoms with Crippen molar-refractivity contribution < 1.29 is 4.79 Å². The Bertz CT molecular complexity index is 819. The Hall–Kier alpha value is -2.61. The van der Waals surface area contributed by atoms with Crippen LogP contribution in [0, 0.1) is 0 Å². The first-order valence-electron chi connectivity index (χ1n) is 6.96. The Morgan fingerprint density at radius 1 is 1.30 bits per heavy atom. The number of aromatic nitrogens is 3. The van der Waals surface area contributed by atoms with Crippen molar-refractivity contribution in [2.75, 3.05) is 35.8 Å². The maximum Gasteiger partial charge on any atom is 0.353 e. The van der Waals surface area contributed by atoms with Crippen molar-refractivity contribution in [1.82, 2.24) is 14.5 Å². The third kappa shape index (κ3) is 2.98. The van der Waals surface area contributed by atoms with Gasteiger partial charge in [0.1, 0.15) is 0 Å². The van der Waals surface area contributed by atoms with Crippen LogP contribution in [0.2, 0.25) is 5.02 Å². The lowest BCUT2D eigenvalue weighted by Crippen LogP contribution is -2.35. The zero-order chi connectivity index (χ0) is 16.6. The molecule has 0 atom stereocenters. The Morgan fingerprint density at radius 2 is 2.09 bits per heavy atom. The molecule has 9 heteroatoms. The second-order valence-electron chi connectivity index (χ2n) is 5.24. The zero-order valence-electron chi connectivity index (χ0n) is 12.7. The number of anilines is 3. The molecule has 1 aliphatic heterocycles. The van der Waals surface area contributed by atoms with Gasteiger partial charge < -0.3 is 10.2 Å². The molecule has 2 aromatic rings. The molecule has 0 saturated carbocycles. The molecule has 1 aliphatic rings. The van der Waals surface area contributed by atoms with Gasteiger partial charge in [0, 0.05) is 37.9 Å². The molecule has 1 aromatic heterocycles. The molecule has 1 N–H and O–H groups in total. The van der Waals surface area contributed by atoms with Crippen molar-refractivity contribution in [2.45, 2.75) is 6.54 Å². The zero-order valence-corrected chi connectivity index (χ0v) is 13.4. The van der Waals surface area contributed by atoms with Crippen molar-refractivity contribution in [3.63, 3.8) is 0 Å². The summed E-state index contributed by atoms with van der Waals surface area (Å²) in [6.45, 7) is 0.720. The van der Waals surface area contributed by atoms with E-state index in [-0.39, 0.29) is 17.9 Å². The molecule has 23 heavy (non-hydrogen) atoms. The van der Waals surface area contributed by atoms with E-state index in [0.717, 1.165) is 0 Å². The van der Waals surface area contributed by atoms with Gasteiger partial charge in [-0.15, -0.1) is 0 Å². The number of hydrogen-bond acceptors (Lipinski definition) is 5. The highest BCUT2D eigenvalue weighted by Crippen LogP contribution is 2.20. The highest BCUT2D eigenvalue weighted by molar-refractivity contribution is 6.30. The Morgan fingerprint density at radius 3 is 2.78 bits per heavy atom. The van der Waals surface area contributed by atoms with Crippen LogP contribution < -0.4 is 20.8 Å². The summed E-state index contributed by atoms with van der Waals surface area (Å²) in [5, 5.41) is 3.27. The van der Waals surface area contributed by atoms with Gasteiger partial charge in [-0.3, -0.25) is 9.47 Å². The van der Waals surface area contributed by atoms with Gasteiger partial charge in [-0.2, -0.15) is 9.97 Å². The van der Waals surface area contributed by atoms with Gasteiger partial charge in [-0.25, -0.2) is 9.59 Å². The SMILES string of the molecule is CN(C)c1nc2n(c(=O)n1)CCN2C(=O)Nc1cccc(Cl)c1. The van der Waals surface area contributed by atoms with Gasteiger partial charge in [-0.1, -0.05) is 17.7 Å². The summed E-state index contributed by atoms with van der Waals surface area (Å²) in [5.74, 6) is 0.553. The monoisotopic (exact) mass is 334 g/mol. The summed E-state index contributed by atoms with van der Waals surface area (Å²) in [6.07, 6.45) is 0. The standard InChI is InChI=1S/C14H15ClN6O2/c1-19(2)11-17-12-20(6-7-21(12)14(23)18-11)13(22)16-10-5-3-4-9(15)8-10/h3-5,8H,6-7H2,1-2H3,(H,16,22). The predicted octanol–water partition coefficient (Wildman–Crippen LogP) is 1.41. The first-order chi connectivity index (χ1) is 11.0. The molecule has 120 valence electrons. The molecule has 0 saturated heterocycles. The number of hydrogen-bond donors (Lipinski definition) is 1. The summed E-state index contributed by atoms with van der Waals surface area (Å²) in [7, 11) is 3.47. The van der Waals surface area contributed by atoms with E-state index in [1.54, 1.807) is 43.3 Å². The average molecular weight is 335 g/mol. The van der Waals surface area contributed by atoms with Crippen molar-refractivity contribution in [3.8, 4) is 0 Å².